The molecular weight excluding hydrogens is 426 g/mol. The normalized spacial score (nSPS) is 14.1. The highest BCUT2D eigenvalue weighted by molar-refractivity contribution is 5.94. The van der Waals surface area contributed by atoms with E-state index in [2.05, 4.69) is 15.4 Å². The van der Waals surface area contributed by atoms with Gasteiger partial charge in [0.25, 0.3) is 11.8 Å². The van der Waals surface area contributed by atoms with Crippen LogP contribution in [0.25, 0.3) is 17.1 Å². The molecule has 1 aliphatic heterocycles. The molecular formula is C27H25N5O2. The molecule has 1 aliphatic rings. The second-order valence-electron chi connectivity index (χ2n) is 8.28. The number of rotatable bonds is 5. The highest BCUT2D eigenvalue weighted by Gasteiger charge is 2.28. The van der Waals surface area contributed by atoms with Crippen molar-refractivity contribution >= 4 is 11.8 Å². The van der Waals surface area contributed by atoms with E-state index in [4.69, 9.17) is 0 Å². The maximum atomic E-state index is 13.3. The average molecular weight is 452 g/mol. The summed E-state index contributed by atoms with van der Waals surface area (Å²) in [5.41, 5.74) is 2.38. The van der Waals surface area contributed by atoms with Crippen molar-refractivity contribution in [2.75, 3.05) is 13.1 Å². The molecule has 34 heavy (non-hydrogen) atoms. The zero-order valence-electron chi connectivity index (χ0n) is 18.7. The van der Waals surface area contributed by atoms with Crippen LogP contribution in [0.3, 0.4) is 0 Å². The maximum absolute atomic E-state index is 13.3. The number of nitrogens with zero attached hydrogens (tertiary/aromatic N) is 4. The summed E-state index contributed by atoms with van der Waals surface area (Å²) in [6, 6.07) is 28.6. The van der Waals surface area contributed by atoms with Gasteiger partial charge >= 0.3 is 0 Å². The van der Waals surface area contributed by atoms with Crippen LogP contribution in [0.5, 0.6) is 0 Å². The third-order valence-electron chi connectivity index (χ3n) is 5.98. The van der Waals surface area contributed by atoms with E-state index >= 15 is 0 Å². The van der Waals surface area contributed by atoms with Crippen LogP contribution >= 0.6 is 0 Å². The lowest BCUT2D eigenvalue weighted by molar-refractivity contribution is 0.0686. The SMILES string of the molecule is O=C(NC1CCN(C(=O)c2nc(-c3ccccc3)n(-c3ccccc3)n2)CC1)c1ccccc1. The molecule has 0 spiro atoms. The lowest BCUT2D eigenvalue weighted by Gasteiger charge is -2.31. The molecule has 7 nitrogen and oxygen atoms in total. The van der Waals surface area contributed by atoms with Crippen molar-refractivity contribution in [1.29, 1.82) is 0 Å². The van der Waals surface area contributed by atoms with Crippen molar-refractivity contribution < 1.29 is 9.59 Å². The van der Waals surface area contributed by atoms with E-state index in [9.17, 15) is 9.59 Å². The number of carbonyl (C=O) groups excluding carboxylic acids is 2. The molecule has 0 atom stereocenters. The van der Waals surface area contributed by atoms with E-state index in [1.807, 2.05) is 78.9 Å². The van der Waals surface area contributed by atoms with Crippen LogP contribution in [0.4, 0.5) is 0 Å². The highest BCUT2D eigenvalue weighted by Crippen LogP contribution is 2.22. The zero-order valence-corrected chi connectivity index (χ0v) is 18.7. The molecule has 170 valence electrons. The molecule has 4 aromatic rings. The zero-order chi connectivity index (χ0) is 23.3. The predicted molar refractivity (Wildman–Crippen MR) is 130 cm³/mol. The van der Waals surface area contributed by atoms with Crippen LogP contribution in [0.2, 0.25) is 0 Å². The van der Waals surface area contributed by atoms with E-state index in [1.165, 1.54) is 0 Å². The molecule has 0 bridgehead atoms. The first-order valence-electron chi connectivity index (χ1n) is 11.4. The molecule has 1 N–H and O–H groups in total. The summed E-state index contributed by atoms with van der Waals surface area (Å²) < 4.78 is 1.72. The van der Waals surface area contributed by atoms with Crippen LogP contribution in [0, 0.1) is 0 Å². The van der Waals surface area contributed by atoms with Crippen molar-refractivity contribution in [1.82, 2.24) is 25.0 Å². The number of nitrogens with one attached hydrogen (secondary N) is 1. The summed E-state index contributed by atoms with van der Waals surface area (Å²) in [6.45, 7) is 1.08. The van der Waals surface area contributed by atoms with Gasteiger partial charge in [-0.15, -0.1) is 5.10 Å². The second kappa shape index (κ2) is 9.70. The molecule has 2 heterocycles. The number of hydrogen-bond donors (Lipinski definition) is 1. The maximum Gasteiger partial charge on any atom is 0.293 e. The summed E-state index contributed by atoms with van der Waals surface area (Å²) in [6.07, 6.45) is 1.38. The third kappa shape index (κ3) is 4.59. The molecule has 1 fully saturated rings. The van der Waals surface area contributed by atoms with E-state index in [1.54, 1.807) is 21.7 Å². The van der Waals surface area contributed by atoms with Gasteiger partial charge in [0, 0.05) is 30.3 Å². The van der Waals surface area contributed by atoms with Crippen molar-refractivity contribution in [2.24, 2.45) is 0 Å². The summed E-state index contributed by atoms with van der Waals surface area (Å²) in [7, 11) is 0. The third-order valence-corrected chi connectivity index (χ3v) is 5.98. The number of aromatic nitrogens is 3. The van der Waals surface area contributed by atoms with Gasteiger partial charge in [-0.3, -0.25) is 9.59 Å². The van der Waals surface area contributed by atoms with Gasteiger partial charge in [0.05, 0.1) is 5.69 Å². The number of benzene rings is 3. The summed E-state index contributed by atoms with van der Waals surface area (Å²) in [5.74, 6) is 0.524. The Morgan fingerprint density at radius 3 is 2.03 bits per heavy atom. The molecule has 0 radical (unpaired) electrons. The molecule has 0 saturated carbocycles. The van der Waals surface area contributed by atoms with Gasteiger partial charge in [0.2, 0.25) is 5.82 Å². The highest BCUT2D eigenvalue weighted by atomic mass is 16.2. The van der Waals surface area contributed by atoms with Gasteiger partial charge in [-0.05, 0) is 37.1 Å². The molecule has 1 aromatic heterocycles. The molecule has 1 saturated heterocycles. The fourth-order valence-corrected chi connectivity index (χ4v) is 4.15. The molecule has 5 rings (SSSR count). The minimum Gasteiger partial charge on any atom is -0.349 e. The first kappa shape index (κ1) is 21.6. The minimum atomic E-state index is -0.195. The fraction of sp³-hybridized carbons (Fsp3) is 0.185. The van der Waals surface area contributed by atoms with E-state index in [-0.39, 0.29) is 23.7 Å². The largest absolute Gasteiger partial charge is 0.349 e. The van der Waals surface area contributed by atoms with Gasteiger partial charge < -0.3 is 10.2 Å². The average Bonchev–Trinajstić information content (AvgIpc) is 3.36. The minimum absolute atomic E-state index is 0.0338. The number of hydrogen-bond acceptors (Lipinski definition) is 4. The Bertz CT molecular complexity index is 1210. The molecule has 0 aliphatic carbocycles. The first-order chi connectivity index (χ1) is 16.7. The lowest BCUT2D eigenvalue weighted by Crippen LogP contribution is -2.46. The Balaban J connectivity index is 1.31. The van der Waals surface area contributed by atoms with Gasteiger partial charge in [-0.1, -0.05) is 66.7 Å². The van der Waals surface area contributed by atoms with Gasteiger partial charge in [-0.2, -0.15) is 0 Å². The Morgan fingerprint density at radius 2 is 1.38 bits per heavy atom. The fourth-order valence-electron chi connectivity index (χ4n) is 4.15. The van der Waals surface area contributed by atoms with E-state index < -0.39 is 0 Å². The number of piperidine rings is 1. The first-order valence-corrected chi connectivity index (χ1v) is 11.4. The Labute approximate surface area is 198 Å². The van der Waals surface area contributed by atoms with Crippen LogP contribution < -0.4 is 5.32 Å². The smallest absolute Gasteiger partial charge is 0.293 e. The molecule has 7 heteroatoms. The summed E-state index contributed by atoms with van der Waals surface area (Å²) >= 11 is 0. The van der Waals surface area contributed by atoms with Crippen LogP contribution in [0.15, 0.2) is 91.0 Å². The van der Waals surface area contributed by atoms with Crippen LogP contribution in [0.1, 0.15) is 33.8 Å². The van der Waals surface area contributed by atoms with Crippen molar-refractivity contribution in [2.45, 2.75) is 18.9 Å². The van der Waals surface area contributed by atoms with Crippen molar-refractivity contribution in [3.8, 4) is 17.1 Å². The Morgan fingerprint density at radius 1 is 0.794 bits per heavy atom. The summed E-state index contributed by atoms with van der Waals surface area (Å²) in [4.78, 5) is 32.1. The molecule has 3 aromatic carbocycles. The Hall–Kier alpha value is -4.26. The lowest BCUT2D eigenvalue weighted by atomic mass is 10.0. The van der Waals surface area contributed by atoms with Gasteiger partial charge in [-0.25, -0.2) is 9.67 Å². The van der Waals surface area contributed by atoms with Crippen LogP contribution in [-0.2, 0) is 0 Å². The summed E-state index contributed by atoms with van der Waals surface area (Å²) in [5, 5.41) is 7.66. The Kier molecular flexibility index (Phi) is 6.16. The van der Waals surface area contributed by atoms with Crippen molar-refractivity contribution in [3.05, 3.63) is 102 Å². The van der Waals surface area contributed by atoms with E-state index in [0.29, 0.717) is 37.3 Å². The van der Waals surface area contributed by atoms with E-state index in [0.717, 1.165) is 11.3 Å². The van der Waals surface area contributed by atoms with Crippen molar-refractivity contribution in [3.63, 3.8) is 0 Å². The monoisotopic (exact) mass is 451 g/mol. The van der Waals surface area contributed by atoms with Gasteiger partial charge in [0.1, 0.15) is 0 Å². The predicted octanol–water partition coefficient (Wildman–Crippen LogP) is 3.97. The number of para-hydroxylation sites is 1. The number of carbonyl (C=O) groups is 2. The standard InChI is InChI=1S/C27H25N5O2/c33-26(21-12-6-2-7-13-21)28-22-16-18-31(19-17-22)27(34)24-29-25(20-10-4-1-5-11-20)32(30-24)23-14-8-3-9-15-23/h1-15,22H,16-19H2,(H,28,33). The second-order valence-corrected chi connectivity index (χ2v) is 8.28. The molecule has 2 amide bonds. The van der Waals surface area contributed by atoms with Gasteiger partial charge in [0.15, 0.2) is 5.82 Å². The topological polar surface area (TPSA) is 80.1 Å². The number of amides is 2. The van der Waals surface area contributed by atoms with Crippen LogP contribution in [-0.4, -0.2) is 50.6 Å². The number of likely N-dealkylation sites (tertiary alicyclic amines) is 1. The quantitative estimate of drug-likeness (QED) is 0.498. The molecule has 0 unspecified atom stereocenters.